The van der Waals surface area contributed by atoms with Crippen molar-refractivity contribution in [1.29, 1.82) is 0 Å². The Bertz CT molecular complexity index is 633. The molecular weight excluding hydrogens is 357 g/mol. The first-order chi connectivity index (χ1) is 12.9. The van der Waals surface area contributed by atoms with E-state index in [4.69, 9.17) is 4.74 Å². The molecule has 150 valence electrons. The quantitative estimate of drug-likeness (QED) is 0.312. The van der Waals surface area contributed by atoms with Crippen molar-refractivity contribution in [2.75, 3.05) is 54.0 Å². The van der Waals surface area contributed by atoms with Gasteiger partial charge in [-0.15, -0.1) is 0 Å². The Labute approximate surface area is 159 Å². The number of aliphatic imine (C=N–C) groups is 1. The Balaban J connectivity index is 2.32. The fourth-order valence-electron chi connectivity index (χ4n) is 2.19. The molecule has 8 heteroatoms. The van der Waals surface area contributed by atoms with Crippen LogP contribution < -0.4 is 10.6 Å². The number of ether oxygens (including phenoxy) is 1. The number of benzene rings is 1. The van der Waals surface area contributed by atoms with Crippen LogP contribution in [0.1, 0.15) is 17.5 Å². The first kappa shape index (κ1) is 22.8. The zero-order chi connectivity index (χ0) is 20.1. The molecule has 0 atom stereocenters. The van der Waals surface area contributed by atoms with Gasteiger partial charge in [-0.3, -0.25) is 4.99 Å². The summed E-state index contributed by atoms with van der Waals surface area (Å²) in [5.41, 5.74) is -0.145. The molecule has 5 nitrogen and oxygen atoms in total. The molecule has 0 unspecified atom stereocenters. The van der Waals surface area contributed by atoms with E-state index >= 15 is 0 Å². The minimum absolute atomic E-state index is 0.338. The van der Waals surface area contributed by atoms with Gasteiger partial charge in [0, 0.05) is 46.0 Å². The first-order valence-electron chi connectivity index (χ1n) is 8.65. The minimum Gasteiger partial charge on any atom is -0.385 e. The van der Waals surface area contributed by atoms with Gasteiger partial charge in [-0.25, -0.2) is 0 Å². The van der Waals surface area contributed by atoms with E-state index in [1.807, 2.05) is 7.05 Å². The van der Waals surface area contributed by atoms with Crippen LogP contribution in [0.3, 0.4) is 0 Å². The standard InChI is InChI=1S/C19H27F3N4O/c1-23-18(25-12-14-26(2)13-5-15-27-3)24-11-4-6-16-7-9-17(10-8-16)19(20,21)22/h7-10H,5,11-15H2,1-3H3,(H2,23,24,25). The molecule has 0 aliphatic rings. The molecule has 1 aromatic rings. The maximum Gasteiger partial charge on any atom is 0.416 e. The molecule has 0 amide bonds. The summed E-state index contributed by atoms with van der Waals surface area (Å²) >= 11 is 0. The Morgan fingerprint density at radius 2 is 1.89 bits per heavy atom. The van der Waals surface area contributed by atoms with Gasteiger partial charge in [0.15, 0.2) is 5.96 Å². The van der Waals surface area contributed by atoms with E-state index in [9.17, 15) is 13.2 Å². The zero-order valence-electron chi connectivity index (χ0n) is 16.0. The highest BCUT2D eigenvalue weighted by Crippen LogP contribution is 2.28. The van der Waals surface area contributed by atoms with Crippen molar-refractivity contribution in [1.82, 2.24) is 15.5 Å². The fourth-order valence-corrected chi connectivity index (χ4v) is 2.19. The van der Waals surface area contributed by atoms with Gasteiger partial charge in [-0.05, 0) is 37.7 Å². The van der Waals surface area contributed by atoms with Crippen molar-refractivity contribution in [3.63, 3.8) is 0 Å². The summed E-state index contributed by atoms with van der Waals surface area (Å²) in [4.78, 5) is 6.30. The Morgan fingerprint density at radius 1 is 1.19 bits per heavy atom. The molecule has 2 N–H and O–H groups in total. The van der Waals surface area contributed by atoms with Gasteiger partial charge >= 0.3 is 6.18 Å². The number of likely N-dealkylation sites (N-methyl/N-ethyl adjacent to an activating group) is 1. The van der Waals surface area contributed by atoms with Crippen LogP contribution in [0.25, 0.3) is 0 Å². The lowest BCUT2D eigenvalue weighted by Gasteiger charge is -2.17. The van der Waals surface area contributed by atoms with E-state index in [-0.39, 0.29) is 0 Å². The van der Waals surface area contributed by atoms with Crippen LogP contribution in [-0.4, -0.2) is 64.9 Å². The molecule has 0 saturated heterocycles. The Morgan fingerprint density at radius 3 is 2.48 bits per heavy atom. The fraction of sp³-hybridized carbons (Fsp3) is 0.526. The summed E-state index contributed by atoms with van der Waals surface area (Å²) in [5, 5.41) is 6.23. The summed E-state index contributed by atoms with van der Waals surface area (Å²) in [6.45, 7) is 3.64. The summed E-state index contributed by atoms with van der Waals surface area (Å²) in [6.07, 6.45) is -3.34. The SMILES string of the molecule is CN=C(NCC#Cc1ccc(C(F)(F)F)cc1)NCCN(C)CCCOC. The topological polar surface area (TPSA) is 48.9 Å². The van der Waals surface area contributed by atoms with Crippen LogP contribution in [-0.2, 0) is 10.9 Å². The number of rotatable bonds is 8. The number of guanidine groups is 1. The predicted octanol–water partition coefficient (Wildman–Crippen LogP) is 2.19. The molecule has 27 heavy (non-hydrogen) atoms. The number of hydrogen-bond acceptors (Lipinski definition) is 3. The van der Waals surface area contributed by atoms with Crippen molar-refractivity contribution in [2.45, 2.75) is 12.6 Å². The van der Waals surface area contributed by atoms with Gasteiger partial charge in [0.25, 0.3) is 0 Å². The molecule has 0 bridgehead atoms. The third-order valence-electron chi connectivity index (χ3n) is 3.69. The number of hydrogen-bond donors (Lipinski definition) is 2. The van der Waals surface area contributed by atoms with Gasteiger partial charge in [0.05, 0.1) is 12.1 Å². The molecule has 0 aliphatic carbocycles. The van der Waals surface area contributed by atoms with Gasteiger partial charge in [-0.2, -0.15) is 13.2 Å². The molecule has 0 fully saturated rings. The second-order valence-corrected chi connectivity index (χ2v) is 5.88. The Hall–Kier alpha value is -2.24. The van der Waals surface area contributed by atoms with Crippen molar-refractivity contribution in [3.05, 3.63) is 35.4 Å². The molecule has 0 spiro atoms. The number of halogens is 3. The van der Waals surface area contributed by atoms with Crippen LogP contribution in [0, 0.1) is 11.8 Å². The van der Waals surface area contributed by atoms with Crippen LogP contribution >= 0.6 is 0 Å². The van der Waals surface area contributed by atoms with Gasteiger partial charge in [0.1, 0.15) is 0 Å². The lowest BCUT2D eigenvalue weighted by atomic mass is 10.1. The highest BCUT2D eigenvalue weighted by molar-refractivity contribution is 5.79. The molecule has 1 aromatic carbocycles. The van der Waals surface area contributed by atoms with Crippen molar-refractivity contribution < 1.29 is 17.9 Å². The van der Waals surface area contributed by atoms with Crippen LogP contribution in [0.15, 0.2) is 29.3 Å². The van der Waals surface area contributed by atoms with E-state index < -0.39 is 11.7 Å². The van der Waals surface area contributed by atoms with Crippen LogP contribution in [0.4, 0.5) is 13.2 Å². The molecule has 0 aliphatic heterocycles. The lowest BCUT2D eigenvalue weighted by molar-refractivity contribution is -0.137. The summed E-state index contributed by atoms with van der Waals surface area (Å²) < 4.78 is 42.6. The van der Waals surface area contributed by atoms with Gasteiger partial charge < -0.3 is 20.3 Å². The average Bonchev–Trinajstić information content (AvgIpc) is 2.63. The second-order valence-electron chi connectivity index (χ2n) is 5.88. The van der Waals surface area contributed by atoms with E-state index in [2.05, 4.69) is 32.4 Å². The predicted molar refractivity (Wildman–Crippen MR) is 102 cm³/mol. The van der Waals surface area contributed by atoms with E-state index in [0.29, 0.717) is 18.1 Å². The molecule has 1 rings (SSSR count). The van der Waals surface area contributed by atoms with Crippen LogP contribution in [0.5, 0.6) is 0 Å². The van der Waals surface area contributed by atoms with Crippen LogP contribution in [0.2, 0.25) is 0 Å². The molecule has 0 radical (unpaired) electrons. The number of nitrogens with one attached hydrogen (secondary N) is 2. The summed E-state index contributed by atoms with van der Waals surface area (Å²) in [5.74, 6) is 6.32. The third-order valence-corrected chi connectivity index (χ3v) is 3.69. The molecule has 0 heterocycles. The number of nitrogens with zero attached hydrogens (tertiary/aromatic N) is 2. The summed E-state index contributed by atoms with van der Waals surface area (Å²) in [6, 6.07) is 4.78. The molecule has 0 saturated carbocycles. The number of methoxy groups -OCH3 is 1. The van der Waals surface area contributed by atoms with Crippen molar-refractivity contribution in [3.8, 4) is 11.8 Å². The zero-order valence-corrected chi connectivity index (χ0v) is 16.0. The second kappa shape index (κ2) is 12.2. The normalized spacial score (nSPS) is 11.9. The van der Waals surface area contributed by atoms with Gasteiger partial charge in [-0.1, -0.05) is 11.8 Å². The average molecular weight is 384 g/mol. The lowest BCUT2D eigenvalue weighted by Crippen LogP contribution is -2.41. The van der Waals surface area contributed by atoms with E-state index in [1.165, 1.54) is 12.1 Å². The maximum absolute atomic E-state index is 12.5. The summed E-state index contributed by atoms with van der Waals surface area (Å²) in [7, 11) is 5.40. The first-order valence-corrected chi connectivity index (χ1v) is 8.65. The Kier molecular flexibility index (Phi) is 10.3. The molecule has 0 aromatic heterocycles. The van der Waals surface area contributed by atoms with Gasteiger partial charge in [0.2, 0.25) is 0 Å². The van der Waals surface area contributed by atoms with E-state index in [1.54, 1.807) is 14.2 Å². The highest BCUT2D eigenvalue weighted by atomic mass is 19.4. The third kappa shape index (κ3) is 9.87. The minimum atomic E-state index is -4.33. The number of alkyl halides is 3. The molecular formula is C19H27F3N4O. The largest absolute Gasteiger partial charge is 0.416 e. The maximum atomic E-state index is 12.5. The van der Waals surface area contributed by atoms with Crippen molar-refractivity contribution in [2.24, 2.45) is 4.99 Å². The van der Waals surface area contributed by atoms with Crippen molar-refractivity contribution >= 4 is 5.96 Å². The van der Waals surface area contributed by atoms with E-state index in [0.717, 1.165) is 44.8 Å². The monoisotopic (exact) mass is 384 g/mol. The highest BCUT2D eigenvalue weighted by Gasteiger charge is 2.29. The smallest absolute Gasteiger partial charge is 0.385 e.